The van der Waals surface area contributed by atoms with E-state index in [1.54, 1.807) is 7.11 Å². The molecule has 1 aliphatic rings. The third-order valence-electron chi connectivity index (χ3n) is 4.42. The molecule has 1 aromatic heterocycles. The van der Waals surface area contributed by atoms with Crippen molar-refractivity contribution in [1.29, 1.82) is 0 Å². The van der Waals surface area contributed by atoms with Gasteiger partial charge in [0.15, 0.2) is 11.0 Å². The van der Waals surface area contributed by atoms with Gasteiger partial charge < -0.3 is 14.8 Å². The Morgan fingerprint density at radius 2 is 1.93 bits per heavy atom. The maximum atomic E-state index is 11.2. The summed E-state index contributed by atoms with van der Waals surface area (Å²) in [5.41, 5.74) is 3.10. The Kier molecular flexibility index (Phi) is 5.21. The Morgan fingerprint density at radius 1 is 1.18 bits per heavy atom. The van der Waals surface area contributed by atoms with Crippen molar-refractivity contribution in [3.63, 3.8) is 0 Å². The molecule has 0 radical (unpaired) electrons. The predicted octanol–water partition coefficient (Wildman–Crippen LogP) is 3.45. The van der Waals surface area contributed by atoms with Crippen LogP contribution >= 0.6 is 11.8 Å². The highest BCUT2D eigenvalue weighted by Gasteiger charge is 2.24. The molecule has 28 heavy (non-hydrogen) atoms. The Morgan fingerprint density at radius 3 is 2.57 bits per heavy atom. The summed E-state index contributed by atoms with van der Waals surface area (Å²) in [6.07, 6.45) is -0.547. The molecule has 0 bridgehead atoms. The second kappa shape index (κ2) is 7.93. The predicted molar refractivity (Wildman–Crippen MR) is 107 cm³/mol. The van der Waals surface area contributed by atoms with E-state index in [0.717, 1.165) is 28.0 Å². The van der Waals surface area contributed by atoms with Crippen molar-refractivity contribution >= 4 is 17.9 Å². The number of aryl methyl sites for hydroxylation is 1. The maximum absolute atomic E-state index is 11.2. The van der Waals surface area contributed by atoms with Crippen molar-refractivity contribution in [2.24, 2.45) is 0 Å². The van der Waals surface area contributed by atoms with Crippen LogP contribution in [0, 0.1) is 6.92 Å². The normalized spacial score (nSPS) is 15.9. The zero-order chi connectivity index (χ0) is 19.5. The van der Waals surface area contributed by atoms with Gasteiger partial charge >= 0.3 is 6.09 Å². The van der Waals surface area contributed by atoms with E-state index in [2.05, 4.69) is 34.6 Å². The summed E-state index contributed by atoms with van der Waals surface area (Å²) in [7, 11) is 1.64. The Labute approximate surface area is 167 Å². The van der Waals surface area contributed by atoms with Gasteiger partial charge in [0.2, 0.25) is 0 Å². The second-order valence-corrected chi connectivity index (χ2v) is 7.41. The fourth-order valence-electron chi connectivity index (χ4n) is 2.91. The molecule has 7 nitrogen and oxygen atoms in total. The van der Waals surface area contributed by atoms with Gasteiger partial charge in [0.25, 0.3) is 0 Å². The molecule has 0 saturated carbocycles. The fraction of sp³-hybridized carbons (Fsp3) is 0.250. The molecular formula is C20H20N4O3S. The number of hydrogen-bond acceptors (Lipinski definition) is 6. The zero-order valence-electron chi connectivity index (χ0n) is 15.6. The lowest BCUT2D eigenvalue weighted by Crippen LogP contribution is -2.17. The minimum absolute atomic E-state index is 0.176. The van der Waals surface area contributed by atoms with Gasteiger partial charge in [0.05, 0.1) is 13.7 Å². The Hall–Kier alpha value is -3.00. The summed E-state index contributed by atoms with van der Waals surface area (Å²) in [6, 6.07) is 15.9. The molecule has 8 heteroatoms. The number of ether oxygens (including phenoxy) is 2. The maximum Gasteiger partial charge on any atom is 0.407 e. The minimum atomic E-state index is -0.371. The SMILES string of the molecule is COc1ccc(-c2nnc(SC[C@@H]3CNC(=O)O3)n2-c2ccc(C)cc2)cc1. The Balaban J connectivity index is 1.68. The molecule has 3 aromatic rings. The molecule has 4 rings (SSSR count). The number of nitrogens with zero attached hydrogens (tertiary/aromatic N) is 3. The lowest BCUT2D eigenvalue weighted by Gasteiger charge is -2.12. The van der Waals surface area contributed by atoms with Crippen LogP contribution in [0.5, 0.6) is 5.75 Å². The molecule has 144 valence electrons. The summed E-state index contributed by atoms with van der Waals surface area (Å²) < 4.78 is 12.5. The van der Waals surface area contributed by atoms with E-state index in [0.29, 0.717) is 12.3 Å². The number of cyclic esters (lactones) is 1. The fourth-order valence-corrected chi connectivity index (χ4v) is 3.85. The van der Waals surface area contributed by atoms with E-state index in [-0.39, 0.29) is 12.2 Å². The zero-order valence-corrected chi connectivity index (χ0v) is 16.4. The van der Waals surface area contributed by atoms with Crippen LogP contribution in [-0.4, -0.2) is 46.4 Å². The second-order valence-electron chi connectivity index (χ2n) is 6.42. The summed E-state index contributed by atoms with van der Waals surface area (Å²) in [5, 5.41) is 12.2. The molecule has 2 aromatic carbocycles. The lowest BCUT2D eigenvalue weighted by atomic mass is 10.2. The van der Waals surface area contributed by atoms with Crippen LogP contribution < -0.4 is 10.1 Å². The number of thioether (sulfide) groups is 1. The number of hydrogen-bond donors (Lipinski definition) is 1. The van der Waals surface area contributed by atoms with E-state index in [4.69, 9.17) is 9.47 Å². The van der Waals surface area contributed by atoms with E-state index < -0.39 is 0 Å². The topological polar surface area (TPSA) is 78.3 Å². The number of carbonyl (C=O) groups is 1. The van der Waals surface area contributed by atoms with Gasteiger partial charge in [-0.2, -0.15) is 0 Å². The molecule has 1 N–H and O–H groups in total. The highest BCUT2D eigenvalue weighted by atomic mass is 32.2. The summed E-state index contributed by atoms with van der Waals surface area (Å²) in [4.78, 5) is 11.2. The molecule has 2 heterocycles. The molecule has 1 saturated heterocycles. The van der Waals surface area contributed by atoms with Gasteiger partial charge in [0, 0.05) is 17.0 Å². The molecular weight excluding hydrogens is 376 g/mol. The van der Waals surface area contributed by atoms with Crippen LogP contribution in [0.3, 0.4) is 0 Å². The van der Waals surface area contributed by atoms with Crippen molar-refractivity contribution in [3.05, 3.63) is 54.1 Å². The van der Waals surface area contributed by atoms with Gasteiger partial charge in [0.1, 0.15) is 11.9 Å². The number of alkyl carbamates (subject to hydrolysis) is 1. The van der Waals surface area contributed by atoms with E-state index in [9.17, 15) is 4.79 Å². The molecule has 0 spiro atoms. The van der Waals surface area contributed by atoms with Gasteiger partial charge in [-0.25, -0.2) is 4.79 Å². The van der Waals surface area contributed by atoms with Gasteiger partial charge in [-0.05, 0) is 43.3 Å². The quantitative estimate of drug-likeness (QED) is 0.643. The summed E-state index contributed by atoms with van der Waals surface area (Å²) >= 11 is 1.52. The third-order valence-corrected chi connectivity index (χ3v) is 5.48. The van der Waals surface area contributed by atoms with Crippen LogP contribution in [0.1, 0.15) is 5.56 Å². The van der Waals surface area contributed by atoms with Crippen LogP contribution in [0.2, 0.25) is 0 Å². The van der Waals surface area contributed by atoms with Crippen molar-refractivity contribution < 1.29 is 14.3 Å². The summed E-state index contributed by atoms with van der Waals surface area (Å²) in [5.74, 6) is 2.14. The molecule has 0 aliphatic carbocycles. The standard InChI is InChI=1S/C20H20N4O3S/c1-13-3-7-15(8-4-13)24-18(14-5-9-16(26-2)10-6-14)22-23-19(24)28-12-17-11-21-20(25)27-17/h3-10,17H,11-12H2,1-2H3,(H,21,25)/t17-/m0/s1. The highest BCUT2D eigenvalue weighted by molar-refractivity contribution is 7.99. The van der Waals surface area contributed by atoms with Crippen LogP contribution in [-0.2, 0) is 4.74 Å². The number of benzene rings is 2. The highest BCUT2D eigenvalue weighted by Crippen LogP contribution is 2.30. The number of rotatable bonds is 6. The van der Waals surface area contributed by atoms with Crippen LogP contribution in [0.15, 0.2) is 53.7 Å². The van der Waals surface area contributed by atoms with E-state index in [1.165, 1.54) is 17.3 Å². The molecule has 1 atom stereocenters. The number of nitrogens with one attached hydrogen (secondary N) is 1. The van der Waals surface area contributed by atoms with Crippen molar-refractivity contribution in [1.82, 2.24) is 20.1 Å². The first-order valence-corrected chi connectivity index (χ1v) is 9.87. The van der Waals surface area contributed by atoms with Crippen molar-refractivity contribution in [3.8, 4) is 22.8 Å². The van der Waals surface area contributed by atoms with Crippen molar-refractivity contribution in [2.75, 3.05) is 19.4 Å². The van der Waals surface area contributed by atoms with Crippen LogP contribution in [0.25, 0.3) is 17.1 Å². The largest absolute Gasteiger partial charge is 0.497 e. The number of amides is 1. The van der Waals surface area contributed by atoms with Crippen molar-refractivity contribution in [2.45, 2.75) is 18.2 Å². The monoisotopic (exact) mass is 396 g/mol. The average molecular weight is 396 g/mol. The first kappa shape index (κ1) is 18.4. The summed E-state index contributed by atoms with van der Waals surface area (Å²) in [6.45, 7) is 2.56. The van der Waals surface area contributed by atoms with E-state index >= 15 is 0 Å². The molecule has 1 fully saturated rings. The Bertz CT molecular complexity index is 970. The van der Waals surface area contributed by atoms with Gasteiger partial charge in [-0.15, -0.1) is 10.2 Å². The van der Waals surface area contributed by atoms with Gasteiger partial charge in [-0.3, -0.25) is 4.57 Å². The average Bonchev–Trinajstić information content (AvgIpc) is 3.33. The van der Waals surface area contributed by atoms with Gasteiger partial charge in [-0.1, -0.05) is 29.5 Å². The lowest BCUT2D eigenvalue weighted by molar-refractivity contribution is 0.150. The molecule has 1 aliphatic heterocycles. The number of aromatic nitrogens is 3. The smallest absolute Gasteiger partial charge is 0.407 e. The first-order valence-electron chi connectivity index (χ1n) is 8.88. The minimum Gasteiger partial charge on any atom is -0.497 e. The number of carbonyl (C=O) groups excluding carboxylic acids is 1. The molecule has 1 amide bonds. The number of methoxy groups -OCH3 is 1. The van der Waals surface area contributed by atoms with E-state index in [1.807, 2.05) is 41.0 Å². The van der Waals surface area contributed by atoms with Crippen LogP contribution in [0.4, 0.5) is 4.79 Å². The third kappa shape index (κ3) is 3.82. The first-order chi connectivity index (χ1) is 13.6. The molecule has 0 unspecified atom stereocenters.